The third kappa shape index (κ3) is 3.83. The minimum atomic E-state index is -0.746. The van der Waals surface area contributed by atoms with Crippen molar-refractivity contribution >= 4 is 29.5 Å². The van der Waals surface area contributed by atoms with Crippen molar-refractivity contribution in [1.29, 1.82) is 0 Å². The van der Waals surface area contributed by atoms with Crippen LogP contribution in [0.2, 0.25) is 0 Å². The molecule has 6 rings (SSSR count). The fourth-order valence-electron chi connectivity index (χ4n) is 6.99. The number of aromatic nitrogens is 1. The molecule has 0 radical (unpaired) electrons. The lowest BCUT2D eigenvalue weighted by molar-refractivity contribution is -0.141. The molecule has 5 fully saturated rings. The molecule has 2 N–H and O–H groups in total. The molecule has 1 aliphatic heterocycles. The summed E-state index contributed by atoms with van der Waals surface area (Å²) in [6.45, 7) is 4.70. The number of rotatable bonds is 6. The molecule has 5 aliphatic rings. The van der Waals surface area contributed by atoms with Gasteiger partial charge < -0.3 is 15.3 Å². The van der Waals surface area contributed by atoms with E-state index < -0.39 is 5.97 Å². The largest absolute Gasteiger partial charge is 0.481 e. The maximum atomic E-state index is 13.3. The van der Waals surface area contributed by atoms with Gasteiger partial charge in [-0.2, -0.15) is 0 Å². The number of anilines is 1. The Balaban J connectivity index is 1.34. The van der Waals surface area contributed by atoms with Gasteiger partial charge >= 0.3 is 5.97 Å². The quantitative estimate of drug-likeness (QED) is 0.646. The Labute approximate surface area is 188 Å². The molecule has 2 heterocycles. The van der Waals surface area contributed by atoms with Gasteiger partial charge in [-0.25, -0.2) is 4.98 Å². The molecule has 4 aliphatic carbocycles. The molecule has 0 aromatic carbocycles. The van der Waals surface area contributed by atoms with Crippen molar-refractivity contribution in [3.63, 3.8) is 0 Å². The number of carbonyl (C=O) groups is 2. The number of nitrogens with zero attached hydrogens (tertiary/aromatic N) is 2. The van der Waals surface area contributed by atoms with Gasteiger partial charge in [0.05, 0.1) is 11.5 Å². The number of hydrogen-bond acceptors (Lipinski definition) is 5. The highest BCUT2D eigenvalue weighted by Crippen LogP contribution is 2.53. The molecule has 168 valence electrons. The number of thioether (sulfide) groups is 1. The van der Waals surface area contributed by atoms with Crippen LogP contribution in [0.3, 0.4) is 0 Å². The standard InChI is InChI=1S/C24H33N3O3S/c1-3-31-23-19(4-5-20(25-23)27-7-6-18(13(27)2)24(29)30)22(28)26-21-16-9-14-8-15(11-16)12-17(21)10-14/h4-5,13-18,21H,3,6-12H2,1-2H3,(H,26,28)(H,29,30)/t13?,14?,15?,16?,17?,18-,21?/m0/s1. The number of carboxylic acids is 1. The molecule has 31 heavy (non-hydrogen) atoms. The fourth-order valence-corrected chi connectivity index (χ4v) is 7.74. The molecule has 1 aromatic rings. The van der Waals surface area contributed by atoms with E-state index in [0.29, 0.717) is 36.4 Å². The van der Waals surface area contributed by atoms with Gasteiger partial charge in [-0.15, -0.1) is 11.8 Å². The van der Waals surface area contributed by atoms with Crippen LogP contribution in [0.1, 0.15) is 62.7 Å². The number of nitrogens with one attached hydrogen (secondary N) is 1. The molecule has 2 atom stereocenters. The first-order chi connectivity index (χ1) is 14.9. The Morgan fingerprint density at radius 1 is 1.16 bits per heavy atom. The van der Waals surface area contributed by atoms with Crippen LogP contribution in [-0.4, -0.2) is 46.3 Å². The van der Waals surface area contributed by atoms with Gasteiger partial charge in [-0.1, -0.05) is 6.92 Å². The average molecular weight is 444 g/mol. The fraction of sp³-hybridized carbons (Fsp3) is 0.708. The summed E-state index contributed by atoms with van der Waals surface area (Å²) in [5.41, 5.74) is 0.658. The normalized spacial score (nSPS) is 36.1. The van der Waals surface area contributed by atoms with Crippen LogP contribution in [0.4, 0.5) is 5.82 Å². The van der Waals surface area contributed by atoms with Crippen LogP contribution in [0.25, 0.3) is 0 Å². The van der Waals surface area contributed by atoms with Crippen molar-refractivity contribution in [3.8, 4) is 0 Å². The van der Waals surface area contributed by atoms with E-state index in [0.717, 1.165) is 28.4 Å². The summed E-state index contributed by atoms with van der Waals surface area (Å²) in [6.07, 6.45) is 7.16. The van der Waals surface area contributed by atoms with Crippen molar-refractivity contribution in [2.24, 2.45) is 29.6 Å². The first kappa shape index (κ1) is 21.1. The van der Waals surface area contributed by atoms with Crippen LogP contribution in [0.15, 0.2) is 17.2 Å². The molecule has 4 bridgehead atoms. The van der Waals surface area contributed by atoms with Gasteiger partial charge in [-0.3, -0.25) is 9.59 Å². The maximum absolute atomic E-state index is 13.3. The van der Waals surface area contributed by atoms with Crippen molar-refractivity contribution in [1.82, 2.24) is 10.3 Å². The van der Waals surface area contributed by atoms with Gasteiger partial charge in [0, 0.05) is 18.6 Å². The second-order valence-electron chi connectivity index (χ2n) is 10.1. The van der Waals surface area contributed by atoms with E-state index in [1.54, 1.807) is 11.8 Å². The van der Waals surface area contributed by atoms with Crippen molar-refractivity contribution in [3.05, 3.63) is 17.7 Å². The highest BCUT2D eigenvalue weighted by molar-refractivity contribution is 7.99. The molecule has 0 spiro atoms. The van der Waals surface area contributed by atoms with Crippen molar-refractivity contribution in [2.75, 3.05) is 17.2 Å². The summed E-state index contributed by atoms with van der Waals surface area (Å²) in [7, 11) is 0. The number of carboxylic acid groups (broad SMARTS) is 1. The predicted octanol–water partition coefficient (Wildman–Crippen LogP) is 4.05. The Morgan fingerprint density at radius 3 is 2.42 bits per heavy atom. The average Bonchev–Trinajstić information content (AvgIpc) is 3.12. The minimum absolute atomic E-state index is 0.00496. The number of aliphatic carboxylic acids is 1. The molecule has 4 saturated carbocycles. The van der Waals surface area contributed by atoms with Gasteiger partial charge in [0.2, 0.25) is 0 Å². The number of hydrogen-bond donors (Lipinski definition) is 2. The van der Waals surface area contributed by atoms with E-state index in [9.17, 15) is 14.7 Å². The van der Waals surface area contributed by atoms with E-state index >= 15 is 0 Å². The smallest absolute Gasteiger partial charge is 0.308 e. The Bertz CT molecular complexity index is 848. The monoisotopic (exact) mass is 443 g/mol. The number of pyridine rings is 1. The topological polar surface area (TPSA) is 82.5 Å². The third-order valence-corrected chi connectivity index (χ3v) is 9.14. The molecule has 1 unspecified atom stereocenters. The predicted molar refractivity (Wildman–Crippen MR) is 121 cm³/mol. The van der Waals surface area contributed by atoms with Crippen LogP contribution >= 0.6 is 11.8 Å². The van der Waals surface area contributed by atoms with E-state index in [2.05, 4.69) is 17.1 Å². The van der Waals surface area contributed by atoms with Crippen molar-refractivity contribution in [2.45, 2.75) is 69.5 Å². The number of carbonyl (C=O) groups excluding carboxylic acids is 1. The zero-order valence-corrected chi connectivity index (χ0v) is 19.2. The summed E-state index contributed by atoms with van der Waals surface area (Å²) in [4.78, 5) is 31.7. The van der Waals surface area contributed by atoms with Gasteiger partial charge in [0.25, 0.3) is 5.91 Å². The zero-order chi connectivity index (χ0) is 21.7. The molecule has 1 amide bonds. The SMILES string of the molecule is CCSc1nc(N2CC[C@H](C(=O)O)C2C)ccc1C(=O)NC1C2CC3CC(C2)CC1C3. The Hall–Kier alpha value is -1.76. The lowest BCUT2D eigenvalue weighted by atomic mass is 9.54. The molecule has 1 saturated heterocycles. The van der Waals surface area contributed by atoms with Gasteiger partial charge in [-0.05, 0) is 87.0 Å². The summed E-state index contributed by atoms with van der Waals surface area (Å²) >= 11 is 1.59. The zero-order valence-electron chi connectivity index (χ0n) is 18.4. The Morgan fingerprint density at radius 2 is 1.84 bits per heavy atom. The van der Waals surface area contributed by atoms with E-state index in [1.807, 2.05) is 19.1 Å². The Kier molecular flexibility index (Phi) is 5.65. The molecular formula is C24H33N3O3S. The molecule has 1 aromatic heterocycles. The summed E-state index contributed by atoms with van der Waals surface area (Å²) in [5.74, 6) is 3.57. The third-order valence-electron chi connectivity index (χ3n) is 8.26. The molecule has 6 nitrogen and oxygen atoms in total. The lowest BCUT2D eigenvalue weighted by Crippen LogP contribution is -2.55. The van der Waals surface area contributed by atoms with Crippen LogP contribution < -0.4 is 10.2 Å². The van der Waals surface area contributed by atoms with Crippen LogP contribution in [0.5, 0.6) is 0 Å². The highest BCUT2D eigenvalue weighted by Gasteiger charge is 2.48. The first-order valence-corrected chi connectivity index (χ1v) is 12.9. The van der Waals surface area contributed by atoms with E-state index in [-0.39, 0.29) is 17.9 Å². The molecule has 7 heteroatoms. The van der Waals surface area contributed by atoms with E-state index in [4.69, 9.17) is 4.98 Å². The van der Waals surface area contributed by atoms with Gasteiger partial charge in [0.1, 0.15) is 10.8 Å². The maximum Gasteiger partial charge on any atom is 0.308 e. The second-order valence-corrected chi connectivity index (χ2v) is 11.3. The van der Waals surface area contributed by atoms with Crippen molar-refractivity contribution < 1.29 is 14.7 Å². The summed E-state index contributed by atoms with van der Waals surface area (Å²) < 4.78 is 0. The van der Waals surface area contributed by atoms with Crippen LogP contribution in [-0.2, 0) is 4.79 Å². The summed E-state index contributed by atoms with van der Waals surface area (Å²) in [5, 5.41) is 13.6. The van der Waals surface area contributed by atoms with Gasteiger partial charge in [0.15, 0.2) is 0 Å². The minimum Gasteiger partial charge on any atom is -0.481 e. The first-order valence-electron chi connectivity index (χ1n) is 11.9. The van der Waals surface area contributed by atoms with E-state index in [1.165, 1.54) is 32.1 Å². The molecular weight excluding hydrogens is 410 g/mol. The summed E-state index contributed by atoms with van der Waals surface area (Å²) in [6, 6.07) is 4.00. The second kappa shape index (κ2) is 8.30. The lowest BCUT2D eigenvalue weighted by Gasteiger charge is -2.54. The number of amides is 1. The highest BCUT2D eigenvalue weighted by atomic mass is 32.2. The van der Waals surface area contributed by atoms with Crippen LogP contribution in [0, 0.1) is 29.6 Å².